The summed E-state index contributed by atoms with van der Waals surface area (Å²) >= 11 is 5.89. The fourth-order valence-electron chi connectivity index (χ4n) is 2.46. The van der Waals surface area contributed by atoms with Crippen molar-refractivity contribution in [2.45, 2.75) is 71.1 Å². The highest BCUT2D eigenvalue weighted by molar-refractivity contribution is 6.32. The molecule has 0 aliphatic carbocycles. The van der Waals surface area contributed by atoms with E-state index in [9.17, 15) is 4.79 Å². The molecule has 0 saturated carbocycles. The standard InChI is InChI=1S/C18H29ClN2O/c1-2-3-4-5-6-7-8-9-10-11-14-21-18(22)16-13-12-15-20-17(16)19/h12-13,15H,2-11,14H2,1H3,(H,21,22). The highest BCUT2D eigenvalue weighted by Crippen LogP contribution is 2.12. The molecule has 0 aromatic carbocycles. The first-order valence-corrected chi connectivity index (χ1v) is 9.02. The molecule has 0 atom stereocenters. The molecule has 0 spiro atoms. The van der Waals surface area contributed by atoms with Gasteiger partial charge in [-0.05, 0) is 18.6 Å². The summed E-state index contributed by atoms with van der Waals surface area (Å²) in [5.74, 6) is -0.131. The van der Waals surface area contributed by atoms with E-state index in [0.29, 0.717) is 12.1 Å². The van der Waals surface area contributed by atoms with E-state index in [1.807, 2.05) is 0 Å². The van der Waals surface area contributed by atoms with E-state index in [2.05, 4.69) is 17.2 Å². The Labute approximate surface area is 139 Å². The quantitative estimate of drug-likeness (QED) is 0.414. The van der Waals surface area contributed by atoms with Crippen molar-refractivity contribution in [3.8, 4) is 0 Å². The van der Waals surface area contributed by atoms with Gasteiger partial charge in [-0.15, -0.1) is 0 Å². The van der Waals surface area contributed by atoms with Crippen LogP contribution in [0.1, 0.15) is 81.5 Å². The van der Waals surface area contributed by atoms with Gasteiger partial charge in [0.1, 0.15) is 5.15 Å². The number of pyridine rings is 1. The second-order valence-electron chi connectivity index (χ2n) is 5.78. The maximum absolute atomic E-state index is 11.9. The Hall–Kier alpha value is -1.09. The Morgan fingerprint density at radius 1 is 1.05 bits per heavy atom. The molecular weight excluding hydrogens is 296 g/mol. The van der Waals surface area contributed by atoms with Gasteiger partial charge in [0.15, 0.2) is 0 Å². The Bertz CT molecular complexity index is 423. The van der Waals surface area contributed by atoms with Gasteiger partial charge in [0.05, 0.1) is 5.56 Å². The lowest BCUT2D eigenvalue weighted by Gasteiger charge is -2.06. The van der Waals surface area contributed by atoms with Crippen LogP contribution >= 0.6 is 11.6 Å². The van der Waals surface area contributed by atoms with Crippen LogP contribution in [-0.2, 0) is 0 Å². The Kier molecular flexibility index (Phi) is 10.7. The smallest absolute Gasteiger partial charge is 0.254 e. The molecule has 0 bridgehead atoms. The van der Waals surface area contributed by atoms with Gasteiger partial charge in [-0.25, -0.2) is 4.98 Å². The minimum absolute atomic E-state index is 0.131. The summed E-state index contributed by atoms with van der Waals surface area (Å²) in [5.41, 5.74) is 0.455. The zero-order chi connectivity index (χ0) is 16.0. The van der Waals surface area contributed by atoms with Crippen molar-refractivity contribution in [1.82, 2.24) is 10.3 Å². The van der Waals surface area contributed by atoms with Crippen molar-refractivity contribution < 1.29 is 4.79 Å². The van der Waals surface area contributed by atoms with Crippen molar-refractivity contribution in [1.29, 1.82) is 0 Å². The van der Waals surface area contributed by atoms with Crippen LogP contribution in [0.3, 0.4) is 0 Å². The number of unbranched alkanes of at least 4 members (excludes halogenated alkanes) is 9. The molecule has 22 heavy (non-hydrogen) atoms. The Balaban J connectivity index is 1.95. The molecule has 0 aliphatic heterocycles. The lowest BCUT2D eigenvalue weighted by molar-refractivity contribution is 0.0952. The van der Waals surface area contributed by atoms with Crippen LogP contribution in [0.4, 0.5) is 0 Å². The lowest BCUT2D eigenvalue weighted by Crippen LogP contribution is -2.24. The van der Waals surface area contributed by atoms with Gasteiger partial charge in [-0.1, -0.05) is 76.3 Å². The number of carbonyl (C=O) groups excluding carboxylic acids is 1. The molecule has 3 nitrogen and oxygen atoms in total. The van der Waals surface area contributed by atoms with Crippen molar-refractivity contribution >= 4 is 17.5 Å². The van der Waals surface area contributed by atoms with Crippen LogP contribution < -0.4 is 5.32 Å². The molecule has 0 saturated heterocycles. The molecule has 1 N–H and O–H groups in total. The number of rotatable bonds is 12. The van der Waals surface area contributed by atoms with Crippen molar-refractivity contribution in [2.75, 3.05) is 6.54 Å². The van der Waals surface area contributed by atoms with E-state index >= 15 is 0 Å². The van der Waals surface area contributed by atoms with E-state index < -0.39 is 0 Å². The maximum Gasteiger partial charge on any atom is 0.254 e. The normalized spacial score (nSPS) is 10.6. The number of nitrogens with zero attached hydrogens (tertiary/aromatic N) is 1. The first kappa shape index (κ1) is 19.0. The zero-order valence-corrected chi connectivity index (χ0v) is 14.5. The number of hydrogen-bond donors (Lipinski definition) is 1. The molecule has 124 valence electrons. The number of nitrogens with one attached hydrogen (secondary N) is 1. The summed E-state index contributed by atoms with van der Waals surface area (Å²) in [6.45, 7) is 2.96. The summed E-state index contributed by atoms with van der Waals surface area (Å²) in [6.07, 6.45) is 14.5. The minimum Gasteiger partial charge on any atom is -0.352 e. The molecule has 1 aromatic heterocycles. The van der Waals surface area contributed by atoms with E-state index in [4.69, 9.17) is 11.6 Å². The van der Waals surface area contributed by atoms with Gasteiger partial charge in [0.25, 0.3) is 5.91 Å². The van der Waals surface area contributed by atoms with Crippen LogP contribution in [0.25, 0.3) is 0 Å². The monoisotopic (exact) mass is 324 g/mol. The van der Waals surface area contributed by atoms with Crippen LogP contribution in [0.15, 0.2) is 18.3 Å². The molecule has 4 heteroatoms. The molecule has 0 unspecified atom stereocenters. The fraction of sp³-hybridized carbons (Fsp3) is 0.667. The third-order valence-corrected chi connectivity index (χ3v) is 4.12. The number of amides is 1. The van der Waals surface area contributed by atoms with E-state index in [1.54, 1.807) is 18.3 Å². The van der Waals surface area contributed by atoms with Gasteiger partial charge in [0.2, 0.25) is 0 Å². The Morgan fingerprint density at radius 3 is 2.23 bits per heavy atom. The van der Waals surface area contributed by atoms with Crippen LogP contribution in [0, 0.1) is 0 Å². The van der Waals surface area contributed by atoms with Crippen LogP contribution in [-0.4, -0.2) is 17.4 Å². The molecule has 0 aliphatic rings. The highest BCUT2D eigenvalue weighted by atomic mass is 35.5. The van der Waals surface area contributed by atoms with Gasteiger partial charge < -0.3 is 5.32 Å². The molecular formula is C18H29ClN2O. The first-order chi connectivity index (χ1) is 10.8. The average Bonchev–Trinajstić information content (AvgIpc) is 2.53. The summed E-state index contributed by atoms with van der Waals surface area (Å²) in [4.78, 5) is 15.8. The summed E-state index contributed by atoms with van der Waals surface area (Å²) in [5, 5.41) is 3.17. The molecule has 1 amide bonds. The molecule has 0 fully saturated rings. The average molecular weight is 325 g/mol. The van der Waals surface area contributed by atoms with Crippen LogP contribution in [0.5, 0.6) is 0 Å². The van der Waals surface area contributed by atoms with E-state index in [1.165, 1.54) is 57.8 Å². The number of hydrogen-bond acceptors (Lipinski definition) is 2. The molecule has 1 aromatic rings. The third kappa shape index (κ3) is 8.38. The van der Waals surface area contributed by atoms with Gasteiger partial charge in [-0.3, -0.25) is 4.79 Å². The topological polar surface area (TPSA) is 42.0 Å². The SMILES string of the molecule is CCCCCCCCCCCCNC(=O)c1cccnc1Cl. The van der Waals surface area contributed by atoms with Crippen molar-refractivity contribution in [3.63, 3.8) is 0 Å². The number of aromatic nitrogens is 1. The molecule has 1 rings (SSSR count). The van der Waals surface area contributed by atoms with Crippen LogP contribution in [0.2, 0.25) is 5.15 Å². The fourth-order valence-corrected chi connectivity index (χ4v) is 2.67. The summed E-state index contributed by atoms with van der Waals surface area (Å²) in [7, 11) is 0. The predicted molar refractivity (Wildman–Crippen MR) is 93.4 cm³/mol. The van der Waals surface area contributed by atoms with Crippen molar-refractivity contribution in [3.05, 3.63) is 29.0 Å². The molecule has 1 heterocycles. The van der Waals surface area contributed by atoms with E-state index in [0.717, 1.165) is 6.42 Å². The second-order valence-corrected chi connectivity index (χ2v) is 6.14. The highest BCUT2D eigenvalue weighted by Gasteiger charge is 2.09. The Morgan fingerprint density at radius 2 is 1.64 bits per heavy atom. The number of carbonyl (C=O) groups is 1. The third-order valence-electron chi connectivity index (χ3n) is 3.82. The van der Waals surface area contributed by atoms with Gasteiger partial charge in [-0.2, -0.15) is 0 Å². The minimum atomic E-state index is -0.131. The summed E-state index contributed by atoms with van der Waals surface area (Å²) in [6, 6.07) is 3.42. The van der Waals surface area contributed by atoms with E-state index in [-0.39, 0.29) is 11.1 Å². The van der Waals surface area contributed by atoms with Crippen molar-refractivity contribution in [2.24, 2.45) is 0 Å². The first-order valence-electron chi connectivity index (χ1n) is 8.64. The predicted octanol–water partition coefficient (Wildman–Crippen LogP) is 5.39. The largest absolute Gasteiger partial charge is 0.352 e. The second kappa shape index (κ2) is 12.5. The van der Waals surface area contributed by atoms with Gasteiger partial charge >= 0.3 is 0 Å². The summed E-state index contributed by atoms with van der Waals surface area (Å²) < 4.78 is 0. The zero-order valence-electron chi connectivity index (χ0n) is 13.7. The maximum atomic E-state index is 11.9. The van der Waals surface area contributed by atoms with Gasteiger partial charge in [0, 0.05) is 12.7 Å². The number of halogens is 1. The molecule has 0 radical (unpaired) electrons. The lowest BCUT2D eigenvalue weighted by atomic mass is 10.1.